The van der Waals surface area contributed by atoms with Crippen molar-refractivity contribution in [2.45, 2.75) is 4.90 Å². The average Bonchev–Trinajstić information content (AvgIpc) is 2.29. The number of hydrogen-bond acceptors (Lipinski definition) is 2. The minimum atomic E-state index is -4.10. The molecule has 17 heavy (non-hydrogen) atoms. The molecule has 2 rings (SSSR count). The van der Waals surface area contributed by atoms with Crippen LogP contribution in [-0.4, -0.2) is 61.9 Å². The van der Waals surface area contributed by atoms with Gasteiger partial charge in [-0.1, -0.05) is 42.5 Å². The normalized spacial score (nSPS) is 10.6. The van der Waals surface area contributed by atoms with Crippen molar-refractivity contribution >= 4 is 59.0 Å². The van der Waals surface area contributed by atoms with Gasteiger partial charge < -0.3 is 0 Å². The van der Waals surface area contributed by atoms with Gasteiger partial charge in [0.2, 0.25) is 0 Å². The molecule has 0 spiro atoms. The fourth-order valence-corrected chi connectivity index (χ4v) is 1.93. The molecule has 0 aliphatic carbocycles. The van der Waals surface area contributed by atoms with Crippen LogP contribution < -0.4 is 0 Å². The van der Waals surface area contributed by atoms with Gasteiger partial charge in [-0.15, -0.1) is 0 Å². The molecule has 0 saturated heterocycles. The van der Waals surface area contributed by atoms with Gasteiger partial charge in [0.15, 0.2) is 0 Å². The summed E-state index contributed by atoms with van der Waals surface area (Å²) in [6, 6.07) is 15.7. The van der Waals surface area contributed by atoms with Crippen LogP contribution in [0.4, 0.5) is 0 Å². The summed E-state index contributed by atoms with van der Waals surface area (Å²) in [7, 11) is -4.10. The summed E-state index contributed by atoms with van der Waals surface area (Å²) in [5.74, 6) is 0. The molecule has 0 aromatic heterocycles. The summed E-state index contributed by atoms with van der Waals surface area (Å²) in [6.45, 7) is 0. The van der Waals surface area contributed by atoms with Gasteiger partial charge in [0.25, 0.3) is 10.1 Å². The second-order valence-corrected chi connectivity index (χ2v) is 4.79. The summed E-state index contributed by atoms with van der Waals surface area (Å²) < 4.78 is 30.5. The monoisotopic (exact) mass is 374 g/mol. The van der Waals surface area contributed by atoms with Gasteiger partial charge in [0.1, 0.15) is 0 Å². The van der Waals surface area contributed by atoms with Crippen molar-refractivity contribution in [3.05, 3.63) is 54.6 Å². The van der Waals surface area contributed by atoms with Crippen LogP contribution in [0.25, 0.3) is 11.1 Å². The zero-order valence-corrected chi connectivity index (χ0v) is 9.18. The van der Waals surface area contributed by atoms with Crippen LogP contribution in [0, 0.1) is 0 Å². The van der Waals surface area contributed by atoms with Gasteiger partial charge in [-0.25, -0.2) is 0 Å². The van der Waals surface area contributed by atoms with Gasteiger partial charge in [0, 0.05) is 0 Å². The summed E-state index contributed by atoms with van der Waals surface area (Å²) in [6.07, 6.45) is 0. The Labute approximate surface area is 141 Å². The summed E-state index contributed by atoms with van der Waals surface area (Å²) in [5.41, 5.74) is 1.91. The number of rotatable bonds is 2. The molecule has 0 unspecified atom stereocenters. The predicted molar refractivity (Wildman–Crippen MR) is 70.2 cm³/mol. The molecule has 0 aliphatic heterocycles. The van der Waals surface area contributed by atoms with Crippen molar-refractivity contribution in [1.29, 1.82) is 0 Å². The molecule has 0 atom stereocenters. The molecular formula is C12H12BaO3S. The quantitative estimate of drug-likeness (QED) is 0.644. The first-order valence-electron chi connectivity index (χ1n) is 4.70. The van der Waals surface area contributed by atoms with Crippen molar-refractivity contribution in [3.63, 3.8) is 0 Å². The maximum absolute atomic E-state index is 10.8. The van der Waals surface area contributed by atoms with Gasteiger partial charge >= 0.3 is 48.9 Å². The van der Waals surface area contributed by atoms with E-state index in [0.717, 1.165) is 11.1 Å². The molecule has 0 heterocycles. The van der Waals surface area contributed by atoms with E-state index >= 15 is 0 Å². The van der Waals surface area contributed by atoms with Gasteiger partial charge in [-0.05, 0) is 23.3 Å². The van der Waals surface area contributed by atoms with Crippen molar-refractivity contribution in [1.82, 2.24) is 0 Å². The first kappa shape index (κ1) is 15.0. The van der Waals surface area contributed by atoms with Gasteiger partial charge in [0.05, 0.1) is 4.90 Å². The molecule has 1 N–H and O–H groups in total. The van der Waals surface area contributed by atoms with Crippen molar-refractivity contribution in [2.75, 3.05) is 0 Å². The third-order valence-corrected chi connectivity index (χ3v) is 3.13. The Morgan fingerprint density at radius 1 is 0.765 bits per heavy atom. The van der Waals surface area contributed by atoms with E-state index in [0.29, 0.717) is 0 Å². The van der Waals surface area contributed by atoms with Crippen LogP contribution in [0.15, 0.2) is 59.5 Å². The first-order chi connectivity index (χ1) is 7.57. The molecule has 0 fully saturated rings. The van der Waals surface area contributed by atoms with E-state index in [2.05, 4.69) is 0 Å². The van der Waals surface area contributed by atoms with E-state index in [1.54, 1.807) is 12.1 Å². The van der Waals surface area contributed by atoms with Crippen LogP contribution >= 0.6 is 0 Å². The Morgan fingerprint density at radius 2 is 1.24 bits per heavy atom. The molecule has 3 nitrogen and oxygen atoms in total. The third-order valence-electron chi connectivity index (χ3n) is 2.26. The Kier molecular flexibility index (Phi) is 5.46. The fourth-order valence-electron chi connectivity index (χ4n) is 1.45. The predicted octanol–water partition coefficient (Wildman–Crippen LogP) is 1.68. The Bertz CT molecular complexity index is 577. The molecule has 0 radical (unpaired) electrons. The van der Waals surface area contributed by atoms with E-state index in [1.165, 1.54) is 12.1 Å². The fraction of sp³-hybridized carbons (Fsp3) is 0. The molecule has 2 aromatic rings. The van der Waals surface area contributed by atoms with Crippen LogP contribution in [0.1, 0.15) is 0 Å². The second-order valence-electron chi connectivity index (χ2n) is 3.37. The van der Waals surface area contributed by atoms with Crippen molar-refractivity contribution in [2.24, 2.45) is 0 Å². The van der Waals surface area contributed by atoms with Crippen LogP contribution in [-0.2, 0) is 10.1 Å². The molecular weight excluding hydrogens is 362 g/mol. The molecule has 5 heteroatoms. The summed E-state index contributed by atoms with van der Waals surface area (Å²) >= 11 is 0. The Balaban J connectivity index is 0.00000144. The van der Waals surface area contributed by atoms with Crippen LogP contribution in [0.2, 0.25) is 0 Å². The van der Waals surface area contributed by atoms with E-state index < -0.39 is 10.1 Å². The Morgan fingerprint density at radius 3 is 1.71 bits per heavy atom. The molecule has 0 aliphatic rings. The summed E-state index contributed by atoms with van der Waals surface area (Å²) in [4.78, 5) is -0.0906. The minimum absolute atomic E-state index is 0. The van der Waals surface area contributed by atoms with Gasteiger partial charge in [-0.3, -0.25) is 4.55 Å². The second kappa shape index (κ2) is 6.19. The van der Waals surface area contributed by atoms with Crippen LogP contribution in [0.3, 0.4) is 0 Å². The topological polar surface area (TPSA) is 54.4 Å². The molecule has 86 valence electrons. The molecule has 0 bridgehead atoms. The zero-order chi connectivity index (χ0) is 11.6. The molecule has 0 amide bonds. The van der Waals surface area contributed by atoms with E-state index in [-0.39, 0.29) is 53.8 Å². The standard InChI is InChI=1S/C12H10O3S.Ba.2H/c13-16(14,15)12-8-6-11(7-9-12)10-4-2-1-3-5-10;;;/h1-9H,(H,13,14,15);;;. The van der Waals surface area contributed by atoms with E-state index in [4.69, 9.17) is 4.55 Å². The van der Waals surface area contributed by atoms with Gasteiger partial charge in [-0.2, -0.15) is 8.42 Å². The first-order valence-corrected chi connectivity index (χ1v) is 6.14. The number of hydrogen-bond donors (Lipinski definition) is 1. The Hall–Kier alpha value is -0.0786. The van der Waals surface area contributed by atoms with Crippen molar-refractivity contribution in [3.8, 4) is 11.1 Å². The van der Waals surface area contributed by atoms with E-state index in [9.17, 15) is 8.42 Å². The van der Waals surface area contributed by atoms with E-state index in [1.807, 2.05) is 30.3 Å². The van der Waals surface area contributed by atoms with Crippen molar-refractivity contribution < 1.29 is 13.0 Å². The molecule has 0 saturated carbocycles. The molecule has 2 aromatic carbocycles. The SMILES string of the molecule is O=S(=O)(O)c1ccc(-c2ccccc2)cc1.[BaH2]. The third kappa shape index (κ3) is 3.96. The summed E-state index contributed by atoms with van der Waals surface area (Å²) in [5, 5.41) is 0. The average molecular weight is 374 g/mol. The zero-order valence-electron chi connectivity index (χ0n) is 8.37. The van der Waals surface area contributed by atoms with Crippen LogP contribution in [0.5, 0.6) is 0 Å². The maximum atomic E-state index is 10.8. The number of benzene rings is 2.